The number of nitrogens with zero attached hydrogens (tertiary/aromatic N) is 4. The average molecular weight is 671 g/mol. The number of hydrogen-bond donors (Lipinski definition) is 2. The van der Waals surface area contributed by atoms with Crippen LogP contribution < -0.4 is 21.8 Å². The molecule has 2 aromatic heterocycles. The average Bonchev–Trinajstić information content (AvgIpc) is 3.14. The third-order valence-corrected chi connectivity index (χ3v) is 8.07. The molecular formula is C40H39ClN6O2. The first kappa shape index (κ1) is 34.6. The molecular weight excluding hydrogens is 632 g/mol. The Morgan fingerprint density at radius 1 is 0.653 bits per heavy atom. The lowest BCUT2D eigenvalue weighted by Gasteiger charge is -2.16. The molecule has 6 rings (SSSR count). The molecule has 8 nitrogen and oxygen atoms in total. The number of anilines is 4. The minimum Gasteiger partial charge on any atom is -0.351 e. The number of halogens is 1. The molecule has 2 heterocycles. The minimum atomic E-state index is -0.197. The maximum atomic E-state index is 12.8. The first-order valence-corrected chi connectivity index (χ1v) is 16.6. The number of para-hydroxylation sites is 1. The molecule has 0 atom stereocenters. The van der Waals surface area contributed by atoms with Gasteiger partial charge in [-0.05, 0) is 50.6 Å². The fraction of sp³-hybridized carbons (Fsp3) is 0.150. The van der Waals surface area contributed by atoms with Gasteiger partial charge in [-0.1, -0.05) is 116 Å². The van der Waals surface area contributed by atoms with Gasteiger partial charge < -0.3 is 10.6 Å². The Balaban J connectivity index is 0.000000191. The van der Waals surface area contributed by atoms with Gasteiger partial charge in [0.15, 0.2) is 0 Å². The van der Waals surface area contributed by atoms with Crippen molar-refractivity contribution in [3.8, 4) is 22.5 Å². The van der Waals surface area contributed by atoms with Crippen molar-refractivity contribution in [3.05, 3.63) is 159 Å². The molecule has 2 N–H and O–H groups in total. The van der Waals surface area contributed by atoms with Crippen LogP contribution in [0.2, 0.25) is 5.02 Å². The SMILES string of the molecule is C=Cc1c(-c2ccccc2)nn(CC)c(=O)c1Nc1cccc(Cl)c1.CCc1c(-c2ccccc2)nn(CC)c(=O)c1Nc1ccccc1. The molecule has 0 aliphatic carbocycles. The number of rotatable bonds is 10. The third kappa shape index (κ3) is 8.05. The van der Waals surface area contributed by atoms with E-state index in [0.29, 0.717) is 40.7 Å². The van der Waals surface area contributed by atoms with Crippen LogP contribution in [-0.4, -0.2) is 19.6 Å². The summed E-state index contributed by atoms with van der Waals surface area (Å²) in [7, 11) is 0. The Morgan fingerprint density at radius 3 is 1.67 bits per heavy atom. The molecule has 0 aliphatic heterocycles. The van der Waals surface area contributed by atoms with Crippen LogP contribution in [0, 0.1) is 0 Å². The van der Waals surface area contributed by atoms with Crippen LogP contribution in [-0.2, 0) is 19.5 Å². The smallest absolute Gasteiger partial charge is 0.291 e. The molecule has 0 unspecified atom stereocenters. The second-order valence-electron chi connectivity index (χ2n) is 11.0. The first-order chi connectivity index (χ1) is 23.9. The molecule has 0 bridgehead atoms. The number of aromatic nitrogens is 4. The number of hydrogen-bond acceptors (Lipinski definition) is 6. The van der Waals surface area contributed by atoms with Crippen LogP contribution in [0.3, 0.4) is 0 Å². The van der Waals surface area contributed by atoms with Gasteiger partial charge in [-0.25, -0.2) is 9.36 Å². The van der Waals surface area contributed by atoms with Gasteiger partial charge >= 0.3 is 0 Å². The van der Waals surface area contributed by atoms with Crippen molar-refractivity contribution in [2.45, 2.75) is 40.3 Å². The molecule has 248 valence electrons. The largest absolute Gasteiger partial charge is 0.351 e. The maximum Gasteiger partial charge on any atom is 0.291 e. The van der Waals surface area contributed by atoms with Crippen LogP contribution in [0.1, 0.15) is 31.9 Å². The van der Waals surface area contributed by atoms with Crippen molar-refractivity contribution in [2.24, 2.45) is 0 Å². The highest BCUT2D eigenvalue weighted by Gasteiger charge is 2.18. The summed E-state index contributed by atoms with van der Waals surface area (Å²) in [4.78, 5) is 25.6. The summed E-state index contributed by atoms with van der Waals surface area (Å²) in [5.74, 6) is 0. The van der Waals surface area contributed by atoms with Crippen LogP contribution >= 0.6 is 11.6 Å². The maximum absolute atomic E-state index is 12.8. The van der Waals surface area contributed by atoms with Crippen LogP contribution in [0.4, 0.5) is 22.7 Å². The topological polar surface area (TPSA) is 93.8 Å². The Bertz CT molecular complexity index is 2150. The Kier molecular flexibility index (Phi) is 11.6. The van der Waals surface area contributed by atoms with Crippen molar-refractivity contribution >= 4 is 40.4 Å². The van der Waals surface area contributed by atoms with Gasteiger partial charge in [0.25, 0.3) is 11.1 Å². The first-order valence-electron chi connectivity index (χ1n) is 16.2. The summed E-state index contributed by atoms with van der Waals surface area (Å²) >= 11 is 6.05. The van der Waals surface area contributed by atoms with Gasteiger partial charge in [0, 0.05) is 51.7 Å². The second-order valence-corrected chi connectivity index (χ2v) is 11.4. The zero-order chi connectivity index (χ0) is 34.8. The van der Waals surface area contributed by atoms with Crippen molar-refractivity contribution in [1.29, 1.82) is 0 Å². The molecule has 49 heavy (non-hydrogen) atoms. The number of aryl methyl sites for hydroxylation is 2. The summed E-state index contributed by atoms with van der Waals surface area (Å²) in [6.45, 7) is 10.8. The quantitative estimate of drug-likeness (QED) is 0.151. The minimum absolute atomic E-state index is 0.0853. The molecule has 0 amide bonds. The van der Waals surface area contributed by atoms with E-state index in [4.69, 9.17) is 11.6 Å². The van der Waals surface area contributed by atoms with Gasteiger partial charge in [-0.15, -0.1) is 0 Å². The predicted molar refractivity (Wildman–Crippen MR) is 203 cm³/mol. The highest BCUT2D eigenvalue weighted by atomic mass is 35.5. The lowest BCUT2D eigenvalue weighted by Crippen LogP contribution is -2.27. The van der Waals surface area contributed by atoms with Crippen LogP contribution in [0.15, 0.2) is 131 Å². The van der Waals surface area contributed by atoms with Crippen LogP contribution in [0.5, 0.6) is 0 Å². The van der Waals surface area contributed by atoms with E-state index in [2.05, 4.69) is 34.3 Å². The van der Waals surface area contributed by atoms with Crippen molar-refractivity contribution < 1.29 is 0 Å². The summed E-state index contributed by atoms with van der Waals surface area (Å²) < 4.78 is 2.97. The van der Waals surface area contributed by atoms with E-state index < -0.39 is 0 Å². The fourth-order valence-corrected chi connectivity index (χ4v) is 5.61. The van der Waals surface area contributed by atoms with Gasteiger partial charge in [0.2, 0.25) is 0 Å². The molecule has 6 aromatic rings. The van der Waals surface area contributed by atoms with E-state index in [9.17, 15) is 9.59 Å². The summed E-state index contributed by atoms with van der Waals surface area (Å²) in [5.41, 5.74) is 7.53. The van der Waals surface area contributed by atoms with E-state index in [-0.39, 0.29) is 11.1 Å². The highest BCUT2D eigenvalue weighted by molar-refractivity contribution is 6.30. The molecule has 4 aromatic carbocycles. The molecule has 0 saturated heterocycles. The second kappa shape index (κ2) is 16.4. The van der Waals surface area contributed by atoms with E-state index in [1.807, 2.05) is 117 Å². The highest BCUT2D eigenvalue weighted by Crippen LogP contribution is 2.29. The number of nitrogens with one attached hydrogen (secondary N) is 2. The van der Waals surface area contributed by atoms with Gasteiger partial charge in [-0.2, -0.15) is 10.2 Å². The van der Waals surface area contributed by atoms with Gasteiger partial charge in [0.1, 0.15) is 17.1 Å². The lowest BCUT2D eigenvalue weighted by molar-refractivity contribution is 0.617. The Morgan fingerprint density at radius 2 is 1.14 bits per heavy atom. The summed E-state index contributed by atoms with van der Waals surface area (Å²) in [6, 6.07) is 36.8. The number of benzene rings is 4. The molecule has 9 heteroatoms. The molecule has 0 aliphatic rings. The molecule has 0 fully saturated rings. The van der Waals surface area contributed by atoms with Crippen LogP contribution in [0.25, 0.3) is 28.6 Å². The normalized spacial score (nSPS) is 10.5. The predicted octanol–water partition coefficient (Wildman–Crippen LogP) is 9.21. The van der Waals surface area contributed by atoms with Crippen molar-refractivity contribution in [2.75, 3.05) is 10.6 Å². The van der Waals surface area contributed by atoms with Gasteiger partial charge in [-0.3, -0.25) is 9.59 Å². The van der Waals surface area contributed by atoms with E-state index in [1.54, 1.807) is 18.2 Å². The van der Waals surface area contributed by atoms with Crippen molar-refractivity contribution in [3.63, 3.8) is 0 Å². The lowest BCUT2D eigenvalue weighted by atomic mass is 10.0. The zero-order valence-corrected chi connectivity index (χ0v) is 28.6. The third-order valence-electron chi connectivity index (χ3n) is 7.84. The monoisotopic (exact) mass is 670 g/mol. The fourth-order valence-electron chi connectivity index (χ4n) is 5.42. The summed E-state index contributed by atoms with van der Waals surface area (Å²) in [5, 5.41) is 16.2. The zero-order valence-electron chi connectivity index (χ0n) is 27.9. The Hall–Kier alpha value is -5.73. The van der Waals surface area contributed by atoms with Crippen molar-refractivity contribution in [1.82, 2.24) is 19.6 Å². The molecule has 0 radical (unpaired) electrons. The van der Waals surface area contributed by atoms with E-state index in [0.717, 1.165) is 40.2 Å². The standard InChI is InChI=1S/C20H18ClN3O.C20H21N3O/c1-3-17-18(14-9-6-5-7-10-14)23-24(4-2)20(25)19(17)22-16-12-8-11-15(21)13-16;1-3-17-18(15-11-7-5-8-12-15)22-23(4-2)20(24)19(17)21-16-13-9-6-10-14-16/h3,5-13,22H,1,4H2,2H3;5-14,21H,3-4H2,1-2H3. The molecule has 0 saturated carbocycles. The van der Waals surface area contributed by atoms with Gasteiger partial charge in [0.05, 0.1) is 5.69 Å². The molecule has 0 spiro atoms. The van der Waals surface area contributed by atoms with E-state index in [1.165, 1.54) is 9.36 Å². The Labute approximate surface area is 291 Å². The summed E-state index contributed by atoms with van der Waals surface area (Å²) in [6.07, 6.45) is 2.38. The van der Waals surface area contributed by atoms with E-state index >= 15 is 0 Å².